The number of fused-ring (bicyclic) bond motifs is 1. The van der Waals surface area contributed by atoms with Crippen LogP contribution in [-0.4, -0.2) is 43.0 Å². The zero-order valence-electron chi connectivity index (χ0n) is 15.1. The van der Waals surface area contributed by atoms with E-state index in [4.69, 9.17) is 16.3 Å². The van der Waals surface area contributed by atoms with Crippen molar-refractivity contribution in [3.05, 3.63) is 69.6 Å². The summed E-state index contributed by atoms with van der Waals surface area (Å²) in [5.74, 6) is -0.119. The van der Waals surface area contributed by atoms with Gasteiger partial charge in [0.15, 0.2) is 0 Å². The third kappa shape index (κ3) is 4.04. The molecule has 1 saturated heterocycles. The quantitative estimate of drug-likeness (QED) is 0.703. The Balaban J connectivity index is 1.38. The number of morpholine rings is 1. The lowest BCUT2D eigenvalue weighted by molar-refractivity contribution is 0.0303. The zero-order chi connectivity index (χ0) is 19.5. The van der Waals surface area contributed by atoms with Gasteiger partial charge in [-0.3, -0.25) is 9.59 Å². The summed E-state index contributed by atoms with van der Waals surface area (Å²) in [6.45, 7) is 2.80. The van der Waals surface area contributed by atoms with Crippen LogP contribution in [0.3, 0.4) is 0 Å². The van der Waals surface area contributed by atoms with E-state index < -0.39 is 0 Å². The van der Waals surface area contributed by atoms with Crippen LogP contribution >= 0.6 is 22.9 Å². The van der Waals surface area contributed by atoms with Crippen LogP contribution in [-0.2, 0) is 11.3 Å². The van der Waals surface area contributed by atoms with Gasteiger partial charge in [-0.15, -0.1) is 11.3 Å². The van der Waals surface area contributed by atoms with Gasteiger partial charge in [-0.25, -0.2) is 0 Å². The number of thiophene rings is 1. The number of hydrogen-bond acceptors (Lipinski definition) is 4. The monoisotopic (exact) mass is 414 g/mol. The third-order valence-corrected chi connectivity index (χ3v) is 6.28. The van der Waals surface area contributed by atoms with Gasteiger partial charge in [0.25, 0.3) is 11.8 Å². The van der Waals surface area contributed by atoms with E-state index >= 15 is 0 Å². The van der Waals surface area contributed by atoms with Crippen LogP contribution in [0.2, 0.25) is 5.02 Å². The number of hydrogen-bond donors (Lipinski definition) is 1. The number of halogens is 1. The summed E-state index contributed by atoms with van der Waals surface area (Å²) in [6, 6.07) is 14.8. The first-order valence-electron chi connectivity index (χ1n) is 9.04. The summed E-state index contributed by atoms with van der Waals surface area (Å²) in [5.41, 5.74) is 1.59. The Labute approximate surface area is 171 Å². The number of carbonyl (C=O) groups is 2. The molecule has 0 saturated carbocycles. The number of ether oxygens (including phenoxy) is 1. The summed E-state index contributed by atoms with van der Waals surface area (Å²) in [7, 11) is 0. The standard InChI is InChI=1S/C21H19ClN2O3S/c22-17-3-1-2-16-12-18(28-19(16)17)20(25)23-13-14-4-6-15(7-5-14)21(26)24-8-10-27-11-9-24/h1-7,12H,8-11,13H2,(H,23,25). The van der Waals surface area contributed by atoms with Crippen molar-refractivity contribution >= 4 is 44.8 Å². The highest BCUT2D eigenvalue weighted by molar-refractivity contribution is 7.21. The molecule has 0 radical (unpaired) electrons. The molecule has 0 atom stereocenters. The van der Waals surface area contributed by atoms with Gasteiger partial charge in [-0.1, -0.05) is 35.9 Å². The molecule has 5 nitrogen and oxygen atoms in total. The van der Waals surface area contributed by atoms with E-state index in [1.807, 2.05) is 36.4 Å². The maximum Gasteiger partial charge on any atom is 0.261 e. The molecule has 4 rings (SSSR count). The van der Waals surface area contributed by atoms with E-state index in [-0.39, 0.29) is 11.8 Å². The summed E-state index contributed by atoms with van der Waals surface area (Å²) in [5, 5.41) is 4.55. The summed E-state index contributed by atoms with van der Waals surface area (Å²) in [6.07, 6.45) is 0. The van der Waals surface area contributed by atoms with Crippen molar-refractivity contribution in [1.82, 2.24) is 10.2 Å². The largest absolute Gasteiger partial charge is 0.378 e. The Kier molecular flexibility index (Phi) is 5.62. The molecule has 28 heavy (non-hydrogen) atoms. The predicted molar refractivity (Wildman–Crippen MR) is 111 cm³/mol. The van der Waals surface area contributed by atoms with Gasteiger partial charge in [0.1, 0.15) is 0 Å². The SMILES string of the molecule is O=C(NCc1ccc(C(=O)N2CCOCC2)cc1)c1cc2cccc(Cl)c2s1. The minimum absolute atomic E-state index is 0.0149. The second-order valence-electron chi connectivity index (χ2n) is 6.55. The van der Waals surface area contributed by atoms with E-state index in [9.17, 15) is 9.59 Å². The van der Waals surface area contributed by atoms with Gasteiger partial charge in [0.05, 0.1) is 27.8 Å². The van der Waals surface area contributed by atoms with Crippen LogP contribution < -0.4 is 5.32 Å². The Morgan fingerprint density at radius 2 is 1.86 bits per heavy atom. The summed E-state index contributed by atoms with van der Waals surface area (Å²) < 4.78 is 6.20. The fourth-order valence-corrected chi connectivity index (χ4v) is 4.40. The number of benzene rings is 2. The van der Waals surface area contributed by atoms with E-state index in [2.05, 4.69) is 5.32 Å². The molecule has 0 unspecified atom stereocenters. The summed E-state index contributed by atoms with van der Waals surface area (Å²) in [4.78, 5) is 27.4. The number of carbonyl (C=O) groups excluding carboxylic acids is 2. The normalized spacial score (nSPS) is 14.2. The van der Waals surface area contributed by atoms with Gasteiger partial charge < -0.3 is 15.0 Å². The van der Waals surface area contributed by atoms with Crippen LogP contribution in [0.1, 0.15) is 25.6 Å². The molecule has 2 heterocycles. The van der Waals surface area contributed by atoms with Crippen molar-refractivity contribution in [2.24, 2.45) is 0 Å². The van der Waals surface area contributed by atoms with Gasteiger partial charge in [0, 0.05) is 25.2 Å². The van der Waals surface area contributed by atoms with Crippen LogP contribution in [0.4, 0.5) is 0 Å². The van der Waals surface area contributed by atoms with Gasteiger partial charge in [-0.05, 0) is 35.2 Å². The second-order valence-corrected chi connectivity index (χ2v) is 8.01. The van der Waals surface area contributed by atoms with Crippen molar-refractivity contribution in [1.29, 1.82) is 0 Å². The number of nitrogens with zero attached hydrogens (tertiary/aromatic N) is 1. The lowest BCUT2D eigenvalue weighted by Crippen LogP contribution is -2.40. The zero-order valence-corrected chi connectivity index (χ0v) is 16.7. The van der Waals surface area contributed by atoms with Crippen LogP contribution in [0, 0.1) is 0 Å². The molecule has 0 aliphatic carbocycles. The molecule has 1 fully saturated rings. The van der Waals surface area contributed by atoms with Crippen LogP contribution in [0.25, 0.3) is 10.1 Å². The lowest BCUT2D eigenvalue weighted by atomic mass is 10.1. The van der Waals surface area contributed by atoms with Crippen LogP contribution in [0.5, 0.6) is 0 Å². The molecule has 3 aromatic rings. The van der Waals surface area contributed by atoms with E-state index in [0.717, 1.165) is 15.6 Å². The molecular weight excluding hydrogens is 396 g/mol. The highest BCUT2D eigenvalue weighted by Gasteiger charge is 2.18. The van der Waals surface area contributed by atoms with Crippen molar-refractivity contribution in [2.45, 2.75) is 6.54 Å². The fraction of sp³-hybridized carbons (Fsp3) is 0.238. The van der Waals surface area contributed by atoms with Crippen molar-refractivity contribution in [3.8, 4) is 0 Å². The van der Waals surface area contributed by atoms with Crippen LogP contribution in [0.15, 0.2) is 48.5 Å². The van der Waals surface area contributed by atoms with Crippen molar-refractivity contribution < 1.29 is 14.3 Å². The molecule has 1 aliphatic heterocycles. The van der Waals surface area contributed by atoms with Gasteiger partial charge in [0.2, 0.25) is 0 Å². The first-order chi connectivity index (χ1) is 13.6. The van der Waals surface area contributed by atoms with Gasteiger partial charge in [-0.2, -0.15) is 0 Å². The minimum atomic E-state index is -0.134. The molecule has 7 heteroatoms. The molecule has 144 valence electrons. The fourth-order valence-electron chi connectivity index (χ4n) is 3.12. The average molecular weight is 415 g/mol. The Hall–Kier alpha value is -2.41. The Bertz CT molecular complexity index is 1010. The maximum atomic E-state index is 12.5. The average Bonchev–Trinajstić information content (AvgIpc) is 3.18. The molecular formula is C21H19ClN2O3S. The molecule has 1 N–H and O–H groups in total. The summed E-state index contributed by atoms with van der Waals surface area (Å²) >= 11 is 7.57. The van der Waals surface area contributed by atoms with E-state index in [1.54, 1.807) is 17.0 Å². The molecule has 0 bridgehead atoms. The topological polar surface area (TPSA) is 58.6 Å². The Morgan fingerprint density at radius 3 is 2.57 bits per heavy atom. The maximum absolute atomic E-state index is 12.5. The minimum Gasteiger partial charge on any atom is -0.378 e. The van der Waals surface area contributed by atoms with Gasteiger partial charge >= 0.3 is 0 Å². The number of amides is 2. The highest BCUT2D eigenvalue weighted by Crippen LogP contribution is 2.31. The van der Waals surface area contributed by atoms with Crippen molar-refractivity contribution in [3.63, 3.8) is 0 Å². The lowest BCUT2D eigenvalue weighted by Gasteiger charge is -2.26. The highest BCUT2D eigenvalue weighted by atomic mass is 35.5. The van der Waals surface area contributed by atoms with E-state index in [1.165, 1.54) is 11.3 Å². The molecule has 2 aromatic carbocycles. The Morgan fingerprint density at radius 1 is 1.11 bits per heavy atom. The number of nitrogens with one attached hydrogen (secondary N) is 1. The second kappa shape index (κ2) is 8.31. The number of rotatable bonds is 4. The van der Waals surface area contributed by atoms with Crippen molar-refractivity contribution in [2.75, 3.05) is 26.3 Å². The molecule has 1 aliphatic rings. The molecule has 2 amide bonds. The van der Waals surface area contributed by atoms with E-state index in [0.29, 0.717) is 48.3 Å². The first-order valence-corrected chi connectivity index (χ1v) is 10.2. The predicted octanol–water partition coefficient (Wildman–Crippen LogP) is 3.96. The molecule has 0 spiro atoms. The first kappa shape index (κ1) is 18.9. The smallest absolute Gasteiger partial charge is 0.261 e. The molecule has 1 aromatic heterocycles. The third-order valence-electron chi connectivity index (χ3n) is 4.67.